The highest BCUT2D eigenvalue weighted by atomic mass is 127. The second-order valence-corrected chi connectivity index (χ2v) is 7.31. The molecular formula is C10H18F2I2O. The minimum absolute atomic E-state index is 0.0415. The van der Waals surface area contributed by atoms with Crippen LogP contribution in [0.4, 0.5) is 8.78 Å². The molecule has 0 saturated carbocycles. The molecule has 0 aromatic carbocycles. The van der Waals surface area contributed by atoms with Gasteiger partial charge in [-0.05, 0) is 6.42 Å². The van der Waals surface area contributed by atoms with Crippen LogP contribution in [0.3, 0.4) is 0 Å². The van der Waals surface area contributed by atoms with Crippen LogP contribution in [0.15, 0.2) is 0 Å². The fraction of sp³-hybridized carbons (Fsp3) is 1.00. The Bertz CT molecular complexity index is 168. The van der Waals surface area contributed by atoms with Crippen molar-refractivity contribution in [3.63, 3.8) is 0 Å². The average molecular weight is 446 g/mol. The molecule has 1 nitrogen and oxygen atoms in total. The second kappa shape index (κ2) is 8.38. The Balaban J connectivity index is 3.89. The summed E-state index contributed by atoms with van der Waals surface area (Å²) in [5, 5.41) is 8.73. The molecule has 5 heteroatoms. The number of hydrogen-bond acceptors (Lipinski definition) is 1. The van der Waals surface area contributed by atoms with Gasteiger partial charge in [0.05, 0.1) is 6.61 Å². The van der Waals surface area contributed by atoms with Gasteiger partial charge >= 0.3 is 0 Å². The Hall–Kier alpha value is 1.28. The van der Waals surface area contributed by atoms with E-state index in [1.165, 1.54) is 0 Å². The van der Waals surface area contributed by atoms with Gasteiger partial charge in [-0.3, -0.25) is 0 Å². The average Bonchev–Trinajstić information content (AvgIpc) is 2.12. The summed E-state index contributed by atoms with van der Waals surface area (Å²) >= 11 is 3.98. The van der Waals surface area contributed by atoms with E-state index in [1.807, 2.05) is 22.6 Å². The molecule has 0 fully saturated rings. The highest BCUT2D eigenvalue weighted by Gasteiger charge is 2.33. The first-order chi connectivity index (χ1) is 6.91. The summed E-state index contributed by atoms with van der Waals surface area (Å²) in [6.07, 6.45) is 2.65. The van der Waals surface area contributed by atoms with Crippen molar-refractivity contribution in [2.75, 3.05) is 6.61 Å². The van der Waals surface area contributed by atoms with Gasteiger partial charge in [0.15, 0.2) is 0 Å². The summed E-state index contributed by atoms with van der Waals surface area (Å²) in [7, 11) is 0. The van der Waals surface area contributed by atoms with E-state index < -0.39 is 5.92 Å². The van der Waals surface area contributed by atoms with Crippen LogP contribution in [0, 0.1) is 0 Å². The molecule has 1 N–H and O–H groups in total. The zero-order chi connectivity index (χ0) is 11.9. The highest BCUT2D eigenvalue weighted by Crippen LogP contribution is 2.32. The first-order valence-corrected chi connectivity index (χ1v) is 7.67. The molecule has 0 aliphatic rings. The molecule has 0 spiro atoms. The number of hydrogen-bond donors (Lipinski definition) is 1. The lowest BCUT2D eigenvalue weighted by Gasteiger charge is -2.21. The Morgan fingerprint density at radius 1 is 1.20 bits per heavy atom. The molecule has 2 unspecified atom stereocenters. The lowest BCUT2D eigenvalue weighted by molar-refractivity contribution is -0.0177. The zero-order valence-electron chi connectivity index (χ0n) is 8.86. The van der Waals surface area contributed by atoms with E-state index >= 15 is 0 Å². The molecule has 92 valence electrons. The Morgan fingerprint density at radius 2 is 1.73 bits per heavy atom. The summed E-state index contributed by atoms with van der Waals surface area (Å²) in [6.45, 7) is 1.89. The van der Waals surface area contributed by atoms with Crippen LogP contribution < -0.4 is 0 Å². The molecule has 0 aromatic rings. The van der Waals surface area contributed by atoms with Crippen LogP contribution in [0.5, 0.6) is 0 Å². The van der Waals surface area contributed by atoms with Gasteiger partial charge in [0.1, 0.15) is 0 Å². The maximum Gasteiger partial charge on any atom is 0.250 e. The van der Waals surface area contributed by atoms with E-state index in [0.717, 1.165) is 19.3 Å². The van der Waals surface area contributed by atoms with E-state index in [0.29, 0.717) is 0 Å². The number of rotatable bonds is 8. The minimum atomic E-state index is -2.63. The van der Waals surface area contributed by atoms with Crippen molar-refractivity contribution in [1.29, 1.82) is 0 Å². The monoisotopic (exact) mass is 446 g/mol. The first kappa shape index (κ1) is 16.3. The normalized spacial score (nSPS) is 16.4. The van der Waals surface area contributed by atoms with Crippen LogP contribution in [0.2, 0.25) is 0 Å². The molecule has 15 heavy (non-hydrogen) atoms. The fourth-order valence-corrected chi connectivity index (χ4v) is 3.05. The third-order valence-corrected chi connectivity index (χ3v) is 4.01. The van der Waals surface area contributed by atoms with E-state index in [4.69, 9.17) is 5.11 Å². The van der Waals surface area contributed by atoms with E-state index in [-0.39, 0.29) is 27.3 Å². The molecule has 0 heterocycles. The Morgan fingerprint density at radius 3 is 2.20 bits per heavy atom. The van der Waals surface area contributed by atoms with Gasteiger partial charge in [-0.25, -0.2) is 8.78 Å². The molecule has 0 saturated heterocycles. The van der Waals surface area contributed by atoms with Gasteiger partial charge < -0.3 is 5.11 Å². The third-order valence-electron chi connectivity index (χ3n) is 2.11. The number of alkyl halides is 4. The summed E-state index contributed by atoms with van der Waals surface area (Å²) in [5.74, 6) is -2.63. The molecule has 0 bridgehead atoms. The van der Waals surface area contributed by atoms with Gasteiger partial charge in [-0.15, -0.1) is 0 Å². The van der Waals surface area contributed by atoms with Gasteiger partial charge in [0.25, 0.3) is 0 Å². The summed E-state index contributed by atoms with van der Waals surface area (Å²) in [5.41, 5.74) is 0. The van der Waals surface area contributed by atoms with E-state index in [2.05, 4.69) is 29.5 Å². The SMILES string of the molecule is CCCCC(I)CC(F)(F)CC(I)CO. The highest BCUT2D eigenvalue weighted by molar-refractivity contribution is 14.1. The van der Waals surface area contributed by atoms with Crippen LogP contribution in [0.25, 0.3) is 0 Å². The standard InChI is InChI=1S/C10H18F2I2O/c1-2-3-4-8(13)5-10(11,12)6-9(14)7-15/h8-9,15H,2-7H2,1H3. The maximum atomic E-state index is 13.4. The van der Waals surface area contributed by atoms with Gasteiger partial charge in [-0.1, -0.05) is 64.9 Å². The van der Waals surface area contributed by atoms with Gasteiger partial charge in [0, 0.05) is 20.7 Å². The van der Waals surface area contributed by atoms with Crippen LogP contribution in [-0.4, -0.2) is 25.5 Å². The Labute approximate surface area is 118 Å². The predicted molar refractivity (Wildman–Crippen MR) is 76.4 cm³/mol. The molecule has 0 aliphatic carbocycles. The largest absolute Gasteiger partial charge is 0.395 e. The van der Waals surface area contributed by atoms with Crippen LogP contribution in [-0.2, 0) is 0 Å². The third kappa shape index (κ3) is 9.02. The number of aliphatic hydroxyl groups is 1. The van der Waals surface area contributed by atoms with Crippen molar-refractivity contribution < 1.29 is 13.9 Å². The lowest BCUT2D eigenvalue weighted by Crippen LogP contribution is -2.26. The molecule has 0 rings (SSSR count). The van der Waals surface area contributed by atoms with Gasteiger partial charge in [-0.2, -0.15) is 0 Å². The van der Waals surface area contributed by atoms with Crippen LogP contribution >= 0.6 is 45.2 Å². The zero-order valence-corrected chi connectivity index (χ0v) is 13.2. The fourth-order valence-electron chi connectivity index (χ4n) is 1.32. The first-order valence-electron chi connectivity index (χ1n) is 5.18. The van der Waals surface area contributed by atoms with Crippen LogP contribution in [0.1, 0.15) is 39.0 Å². The van der Waals surface area contributed by atoms with Crippen molar-refractivity contribution in [2.45, 2.75) is 52.8 Å². The minimum Gasteiger partial charge on any atom is -0.395 e. The predicted octanol–water partition coefficient (Wildman–Crippen LogP) is 4.19. The maximum absolute atomic E-state index is 13.4. The topological polar surface area (TPSA) is 20.2 Å². The lowest BCUT2D eigenvalue weighted by atomic mass is 10.0. The summed E-state index contributed by atoms with van der Waals surface area (Å²) in [4.78, 5) is 0. The van der Waals surface area contributed by atoms with Crippen molar-refractivity contribution in [3.05, 3.63) is 0 Å². The quantitative estimate of drug-likeness (QED) is 0.438. The molecule has 0 amide bonds. The number of halogens is 4. The van der Waals surface area contributed by atoms with Crippen molar-refractivity contribution >= 4 is 45.2 Å². The van der Waals surface area contributed by atoms with Crippen molar-refractivity contribution in [1.82, 2.24) is 0 Å². The van der Waals surface area contributed by atoms with Crippen molar-refractivity contribution in [3.8, 4) is 0 Å². The van der Waals surface area contributed by atoms with Crippen molar-refractivity contribution in [2.24, 2.45) is 0 Å². The number of unbranched alkanes of at least 4 members (excludes halogenated alkanes) is 1. The second-order valence-electron chi connectivity index (χ2n) is 3.78. The molecule has 0 aromatic heterocycles. The van der Waals surface area contributed by atoms with Gasteiger partial charge in [0.2, 0.25) is 5.92 Å². The molecule has 0 radical (unpaired) electrons. The number of aliphatic hydroxyl groups excluding tert-OH is 1. The molecular weight excluding hydrogens is 428 g/mol. The van der Waals surface area contributed by atoms with E-state index in [1.54, 1.807) is 0 Å². The Kier molecular flexibility index (Phi) is 9.10. The molecule has 0 aliphatic heterocycles. The van der Waals surface area contributed by atoms with E-state index in [9.17, 15) is 8.78 Å². The summed E-state index contributed by atoms with van der Waals surface area (Å²) in [6, 6.07) is 0. The smallest absolute Gasteiger partial charge is 0.250 e. The summed E-state index contributed by atoms with van der Waals surface area (Å²) < 4.78 is 26.5. The molecule has 2 atom stereocenters.